The van der Waals surface area contributed by atoms with E-state index in [-0.39, 0.29) is 0 Å². The fourth-order valence-electron chi connectivity index (χ4n) is 2.57. The molecule has 2 aliphatic heterocycles. The van der Waals surface area contributed by atoms with E-state index < -0.39 is 0 Å². The van der Waals surface area contributed by atoms with E-state index in [4.69, 9.17) is 0 Å². The Hall–Kier alpha value is 0.310. The molecule has 0 bridgehead atoms. The molecule has 2 atom stereocenters. The summed E-state index contributed by atoms with van der Waals surface area (Å²) < 4.78 is 0. The summed E-state index contributed by atoms with van der Waals surface area (Å²) in [5.41, 5.74) is 1.21. The molecule has 1 nitrogen and oxygen atoms in total. The van der Waals surface area contributed by atoms with Gasteiger partial charge in [-0.25, -0.2) is 0 Å². The predicted octanol–water partition coefficient (Wildman–Crippen LogP) is 1.69. The topological polar surface area (TPSA) is 3.24 Å². The highest BCUT2D eigenvalue weighted by atomic mass is 32.2. The Morgan fingerprint density at radius 1 is 1.09 bits per heavy atom. The van der Waals surface area contributed by atoms with E-state index in [0.717, 1.165) is 0 Å². The number of nitrogens with zero attached hydrogens (tertiary/aromatic N) is 1. The summed E-state index contributed by atoms with van der Waals surface area (Å²) >= 11 is 2.14. The zero-order chi connectivity index (χ0) is 8.11. The number of fused-ring (bicyclic) bond motifs is 1. The molecule has 0 aromatic rings. The van der Waals surface area contributed by atoms with Crippen molar-refractivity contribution in [3.05, 3.63) is 0 Å². The van der Waals surface area contributed by atoms with Crippen molar-refractivity contribution in [1.82, 2.24) is 4.90 Å². The minimum absolute atomic E-state index is 0.604. The Labute approximate surface area is 73.5 Å². The third-order valence-corrected chi connectivity index (χ3v) is 5.22. The van der Waals surface area contributed by atoms with E-state index in [1.165, 1.54) is 24.6 Å². The molecule has 2 aliphatic rings. The highest BCUT2D eigenvalue weighted by Crippen LogP contribution is 2.54. The van der Waals surface area contributed by atoms with E-state index in [9.17, 15) is 0 Å². The molecule has 11 heavy (non-hydrogen) atoms. The molecule has 2 heteroatoms. The molecule has 0 radical (unpaired) electrons. The first-order chi connectivity index (χ1) is 5.06. The van der Waals surface area contributed by atoms with Gasteiger partial charge in [0.25, 0.3) is 0 Å². The quantitative estimate of drug-likeness (QED) is 0.545. The van der Waals surface area contributed by atoms with Crippen LogP contribution in [0.25, 0.3) is 0 Å². The maximum absolute atomic E-state index is 2.49. The van der Waals surface area contributed by atoms with Gasteiger partial charge in [-0.05, 0) is 17.9 Å². The summed E-state index contributed by atoms with van der Waals surface area (Å²) in [7, 11) is 2.25. The van der Waals surface area contributed by atoms with Crippen molar-refractivity contribution in [2.45, 2.75) is 13.8 Å². The predicted molar refractivity (Wildman–Crippen MR) is 51.0 cm³/mol. The van der Waals surface area contributed by atoms with Crippen molar-refractivity contribution >= 4 is 11.8 Å². The highest BCUT2D eigenvalue weighted by molar-refractivity contribution is 7.99. The summed E-state index contributed by atoms with van der Waals surface area (Å²) in [5.74, 6) is 2.74. The van der Waals surface area contributed by atoms with Crippen molar-refractivity contribution < 1.29 is 0 Å². The molecule has 2 heterocycles. The molecule has 0 unspecified atom stereocenters. The van der Waals surface area contributed by atoms with Gasteiger partial charge in [0.2, 0.25) is 0 Å². The number of likely N-dealkylation sites (tertiary alicyclic amines) is 1. The molecule has 0 spiro atoms. The monoisotopic (exact) mass is 171 g/mol. The SMILES string of the molecule is CN1C[C@]2(C)CSC[C@]2(C)C1. The molecule has 0 amide bonds. The van der Waals surface area contributed by atoms with Gasteiger partial charge in [-0.15, -0.1) is 0 Å². The average Bonchev–Trinajstić information content (AvgIpc) is 2.16. The lowest BCUT2D eigenvalue weighted by molar-refractivity contribution is 0.212. The van der Waals surface area contributed by atoms with Crippen molar-refractivity contribution in [2.75, 3.05) is 31.6 Å². The van der Waals surface area contributed by atoms with Crippen LogP contribution in [-0.2, 0) is 0 Å². The zero-order valence-corrected chi connectivity index (χ0v) is 8.50. The number of hydrogen-bond donors (Lipinski definition) is 0. The van der Waals surface area contributed by atoms with Crippen molar-refractivity contribution in [3.63, 3.8) is 0 Å². The molecule has 0 N–H and O–H groups in total. The molecule has 0 aromatic carbocycles. The number of rotatable bonds is 0. The van der Waals surface area contributed by atoms with Gasteiger partial charge >= 0.3 is 0 Å². The first-order valence-corrected chi connectivity index (χ1v) is 5.48. The summed E-state index contributed by atoms with van der Waals surface area (Å²) in [6.45, 7) is 7.51. The van der Waals surface area contributed by atoms with Gasteiger partial charge in [-0.2, -0.15) is 11.8 Å². The first kappa shape index (κ1) is 7.93. The van der Waals surface area contributed by atoms with Crippen LogP contribution in [0.4, 0.5) is 0 Å². The van der Waals surface area contributed by atoms with Crippen LogP contribution in [0.15, 0.2) is 0 Å². The van der Waals surface area contributed by atoms with Crippen molar-refractivity contribution in [3.8, 4) is 0 Å². The van der Waals surface area contributed by atoms with Crippen molar-refractivity contribution in [2.24, 2.45) is 10.8 Å². The summed E-state index contributed by atoms with van der Waals surface area (Å²) in [5, 5.41) is 0. The molecule has 0 aliphatic carbocycles. The summed E-state index contributed by atoms with van der Waals surface area (Å²) in [6.07, 6.45) is 0. The number of hydrogen-bond acceptors (Lipinski definition) is 2. The normalized spacial score (nSPS) is 51.5. The molecule has 2 rings (SSSR count). The van der Waals surface area contributed by atoms with Gasteiger partial charge in [0, 0.05) is 24.6 Å². The lowest BCUT2D eigenvalue weighted by Crippen LogP contribution is -2.34. The third-order valence-electron chi connectivity index (χ3n) is 3.54. The van der Waals surface area contributed by atoms with Crippen LogP contribution in [0.3, 0.4) is 0 Å². The van der Waals surface area contributed by atoms with Gasteiger partial charge in [0.05, 0.1) is 0 Å². The maximum atomic E-state index is 2.49. The number of thioether (sulfide) groups is 1. The van der Waals surface area contributed by atoms with E-state index in [0.29, 0.717) is 10.8 Å². The first-order valence-electron chi connectivity index (χ1n) is 4.32. The van der Waals surface area contributed by atoms with Crippen LogP contribution in [-0.4, -0.2) is 36.5 Å². The third kappa shape index (κ3) is 0.955. The van der Waals surface area contributed by atoms with E-state index >= 15 is 0 Å². The van der Waals surface area contributed by atoms with Crippen LogP contribution in [0.1, 0.15) is 13.8 Å². The Morgan fingerprint density at radius 3 is 2.00 bits per heavy atom. The van der Waals surface area contributed by atoms with Crippen LogP contribution in [0.2, 0.25) is 0 Å². The van der Waals surface area contributed by atoms with E-state index in [1.807, 2.05) is 0 Å². The maximum Gasteiger partial charge on any atom is 0.00464 e. The minimum atomic E-state index is 0.604. The second kappa shape index (κ2) is 2.17. The smallest absolute Gasteiger partial charge is 0.00464 e. The summed E-state index contributed by atoms with van der Waals surface area (Å²) in [6, 6.07) is 0. The standard InChI is InChI=1S/C9H17NS/c1-8-4-10(3)5-9(8,2)7-11-6-8/h4-7H2,1-3H3/t8-,9+. The van der Waals surface area contributed by atoms with Gasteiger partial charge in [-0.1, -0.05) is 13.8 Å². The summed E-state index contributed by atoms with van der Waals surface area (Å²) in [4.78, 5) is 2.49. The van der Waals surface area contributed by atoms with Gasteiger partial charge < -0.3 is 4.90 Å². The lowest BCUT2D eigenvalue weighted by Gasteiger charge is -2.31. The molecule has 64 valence electrons. The Morgan fingerprint density at radius 2 is 1.55 bits per heavy atom. The zero-order valence-electron chi connectivity index (χ0n) is 7.68. The van der Waals surface area contributed by atoms with E-state index in [2.05, 4.69) is 37.6 Å². The Bertz CT molecular complexity index is 164. The average molecular weight is 171 g/mol. The fraction of sp³-hybridized carbons (Fsp3) is 1.00. The lowest BCUT2D eigenvalue weighted by atomic mass is 9.71. The van der Waals surface area contributed by atoms with Crippen LogP contribution in [0.5, 0.6) is 0 Å². The second-order valence-electron chi connectivity index (χ2n) is 4.79. The molecular weight excluding hydrogens is 154 g/mol. The Balaban J connectivity index is 2.28. The van der Waals surface area contributed by atoms with Gasteiger partial charge in [0.1, 0.15) is 0 Å². The van der Waals surface area contributed by atoms with Gasteiger partial charge in [0.15, 0.2) is 0 Å². The molecular formula is C9H17NS. The molecule has 2 fully saturated rings. The fourth-order valence-corrected chi connectivity index (χ4v) is 4.45. The Kier molecular flexibility index (Phi) is 1.56. The molecule has 0 saturated carbocycles. The van der Waals surface area contributed by atoms with Crippen LogP contribution >= 0.6 is 11.8 Å². The highest BCUT2D eigenvalue weighted by Gasteiger charge is 2.54. The van der Waals surface area contributed by atoms with Crippen molar-refractivity contribution in [1.29, 1.82) is 0 Å². The molecule has 0 aromatic heterocycles. The molecule has 2 saturated heterocycles. The van der Waals surface area contributed by atoms with Crippen LogP contribution < -0.4 is 0 Å². The van der Waals surface area contributed by atoms with Crippen LogP contribution in [0, 0.1) is 10.8 Å². The minimum Gasteiger partial charge on any atom is -0.305 e. The second-order valence-corrected chi connectivity index (χ2v) is 5.77. The van der Waals surface area contributed by atoms with Gasteiger partial charge in [-0.3, -0.25) is 0 Å². The largest absolute Gasteiger partial charge is 0.305 e. The van der Waals surface area contributed by atoms with E-state index in [1.54, 1.807) is 0 Å².